The van der Waals surface area contributed by atoms with Crippen molar-refractivity contribution < 1.29 is 15.0 Å². The second-order valence-electron chi connectivity index (χ2n) is 2.88. The van der Waals surface area contributed by atoms with Crippen LogP contribution in [0.2, 0.25) is 0 Å². The third-order valence-electron chi connectivity index (χ3n) is 1.83. The zero-order valence-electron chi connectivity index (χ0n) is 7.47. The summed E-state index contributed by atoms with van der Waals surface area (Å²) >= 11 is 0. The normalized spacial score (nSPS) is 12.1. The van der Waals surface area contributed by atoms with E-state index >= 15 is 0 Å². The number of carbonyl (C=O) groups is 1. The lowest BCUT2D eigenvalue weighted by Crippen LogP contribution is -2.08. The highest BCUT2D eigenvalue weighted by Crippen LogP contribution is 2.20. The van der Waals surface area contributed by atoms with Crippen molar-refractivity contribution in [2.75, 3.05) is 0 Å². The van der Waals surface area contributed by atoms with Crippen LogP contribution in [0.3, 0.4) is 0 Å². The fraction of sp³-hybridized carbons (Fsp3) is 0.100. The molecule has 1 rings (SSSR count). The average molecular weight is 193 g/mol. The Morgan fingerprint density at radius 1 is 1.50 bits per heavy atom. The van der Waals surface area contributed by atoms with Gasteiger partial charge < -0.3 is 15.9 Å². The third-order valence-corrected chi connectivity index (χ3v) is 1.83. The van der Waals surface area contributed by atoms with E-state index in [-0.39, 0.29) is 11.3 Å². The van der Waals surface area contributed by atoms with Crippen molar-refractivity contribution in [3.05, 3.63) is 42.0 Å². The van der Waals surface area contributed by atoms with Gasteiger partial charge in [0.1, 0.15) is 5.75 Å². The first-order chi connectivity index (χ1) is 6.54. The van der Waals surface area contributed by atoms with E-state index in [1.807, 2.05) is 0 Å². The molecule has 0 unspecified atom stereocenters. The highest BCUT2D eigenvalue weighted by molar-refractivity contribution is 5.88. The number of benzene rings is 1. The van der Waals surface area contributed by atoms with Crippen molar-refractivity contribution >= 4 is 5.97 Å². The van der Waals surface area contributed by atoms with E-state index in [9.17, 15) is 9.90 Å². The van der Waals surface area contributed by atoms with Crippen molar-refractivity contribution in [3.8, 4) is 5.75 Å². The van der Waals surface area contributed by atoms with Crippen LogP contribution in [0.4, 0.5) is 0 Å². The molecule has 4 heteroatoms. The van der Waals surface area contributed by atoms with Crippen LogP contribution in [0.5, 0.6) is 5.75 Å². The first-order valence-electron chi connectivity index (χ1n) is 4.00. The second-order valence-corrected chi connectivity index (χ2v) is 2.88. The van der Waals surface area contributed by atoms with Crippen LogP contribution in [-0.2, 0) is 0 Å². The molecular formula is C10H11NO3. The number of nitrogens with two attached hydrogens (primary N) is 1. The van der Waals surface area contributed by atoms with Gasteiger partial charge in [-0.05, 0) is 23.8 Å². The van der Waals surface area contributed by atoms with Crippen molar-refractivity contribution in [2.24, 2.45) is 5.73 Å². The minimum Gasteiger partial charge on any atom is -0.508 e. The number of phenolic OH excluding ortho intramolecular Hbond substituents is 1. The molecular weight excluding hydrogens is 182 g/mol. The molecule has 0 fully saturated rings. The van der Waals surface area contributed by atoms with Gasteiger partial charge in [0.15, 0.2) is 0 Å². The summed E-state index contributed by atoms with van der Waals surface area (Å²) in [6, 6.07) is 3.52. The van der Waals surface area contributed by atoms with Crippen LogP contribution in [-0.4, -0.2) is 16.2 Å². The highest BCUT2D eigenvalue weighted by atomic mass is 16.4. The van der Waals surface area contributed by atoms with Crippen molar-refractivity contribution in [1.82, 2.24) is 0 Å². The Bertz CT molecular complexity index is 374. The first kappa shape index (κ1) is 10.3. The zero-order valence-corrected chi connectivity index (χ0v) is 7.47. The molecule has 74 valence electrons. The van der Waals surface area contributed by atoms with Gasteiger partial charge in [-0.15, -0.1) is 6.58 Å². The fourth-order valence-corrected chi connectivity index (χ4v) is 1.09. The SMILES string of the molecule is C=C[C@@H](N)c1cc(O)cc(C(=O)O)c1. The average Bonchev–Trinajstić information content (AvgIpc) is 2.15. The molecule has 0 aliphatic carbocycles. The molecule has 4 N–H and O–H groups in total. The number of hydrogen-bond acceptors (Lipinski definition) is 3. The Labute approximate surface area is 81.3 Å². The van der Waals surface area contributed by atoms with Crippen molar-refractivity contribution in [3.63, 3.8) is 0 Å². The maximum atomic E-state index is 10.6. The minimum absolute atomic E-state index is 0.0114. The molecule has 0 radical (unpaired) electrons. The van der Waals surface area contributed by atoms with Gasteiger partial charge in [0.05, 0.1) is 5.56 Å². The maximum Gasteiger partial charge on any atom is 0.335 e. The van der Waals surface area contributed by atoms with Crippen LogP contribution in [0.1, 0.15) is 22.0 Å². The van der Waals surface area contributed by atoms with E-state index in [2.05, 4.69) is 6.58 Å². The Morgan fingerprint density at radius 3 is 2.64 bits per heavy atom. The number of aromatic hydroxyl groups is 1. The Balaban J connectivity index is 3.19. The third kappa shape index (κ3) is 2.11. The lowest BCUT2D eigenvalue weighted by molar-refractivity contribution is 0.0696. The van der Waals surface area contributed by atoms with Gasteiger partial charge in [-0.2, -0.15) is 0 Å². The van der Waals surface area contributed by atoms with E-state index < -0.39 is 12.0 Å². The summed E-state index contributed by atoms with van der Waals surface area (Å²) in [7, 11) is 0. The Morgan fingerprint density at radius 2 is 2.14 bits per heavy atom. The summed E-state index contributed by atoms with van der Waals surface area (Å²) in [5.74, 6) is -1.21. The lowest BCUT2D eigenvalue weighted by Gasteiger charge is -2.08. The molecule has 0 amide bonds. The lowest BCUT2D eigenvalue weighted by atomic mass is 10.0. The quantitative estimate of drug-likeness (QED) is 0.631. The van der Waals surface area contributed by atoms with Gasteiger partial charge in [0.2, 0.25) is 0 Å². The summed E-state index contributed by atoms with van der Waals surface area (Å²) in [6.07, 6.45) is 1.47. The summed E-state index contributed by atoms with van der Waals surface area (Å²) in [6.45, 7) is 3.49. The van der Waals surface area contributed by atoms with Gasteiger partial charge in [-0.3, -0.25) is 0 Å². The standard InChI is InChI=1S/C10H11NO3/c1-2-9(11)6-3-7(10(13)14)5-8(12)4-6/h2-5,9,12H,1,11H2,(H,13,14)/t9-/m1/s1. The number of hydrogen-bond donors (Lipinski definition) is 3. The number of phenols is 1. The number of carboxylic acids is 1. The molecule has 0 saturated carbocycles. The largest absolute Gasteiger partial charge is 0.508 e. The topological polar surface area (TPSA) is 83.5 Å². The van der Waals surface area contributed by atoms with Crippen molar-refractivity contribution in [1.29, 1.82) is 0 Å². The number of aromatic carboxylic acids is 1. The summed E-state index contributed by atoms with van der Waals surface area (Å²) < 4.78 is 0. The van der Waals surface area contributed by atoms with Gasteiger partial charge in [0, 0.05) is 6.04 Å². The van der Waals surface area contributed by atoms with Crippen LogP contribution >= 0.6 is 0 Å². The van der Waals surface area contributed by atoms with Crippen LogP contribution in [0.25, 0.3) is 0 Å². The number of carboxylic acid groups (broad SMARTS) is 1. The van der Waals surface area contributed by atoms with E-state index in [0.717, 1.165) is 0 Å². The van der Waals surface area contributed by atoms with Crippen LogP contribution in [0, 0.1) is 0 Å². The van der Waals surface area contributed by atoms with Gasteiger partial charge >= 0.3 is 5.97 Å². The van der Waals surface area contributed by atoms with Crippen LogP contribution in [0.15, 0.2) is 30.9 Å². The van der Waals surface area contributed by atoms with Gasteiger partial charge in [0.25, 0.3) is 0 Å². The van der Waals surface area contributed by atoms with Gasteiger partial charge in [-0.25, -0.2) is 4.79 Å². The molecule has 1 aromatic carbocycles. The predicted molar refractivity (Wildman–Crippen MR) is 52.2 cm³/mol. The summed E-state index contributed by atoms with van der Waals surface area (Å²) in [4.78, 5) is 10.6. The van der Waals surface area contributed by atoms with Crippen LogP contribution < -0.4 is 5.73 Å². The molecule has 0 spiro atoms. The second kappa shape index (κ2) is 3.93. The van der Waals surface area contributed by atoms with E-state index in [1.54, 1.807) is 0 Å². The molecule has 0 heterocycles. The Kier molecular flexibility index (Phi) is 2.89. The molecule has 0 aliphatic rings. The summed E-state index contributed by atoms with van der Waals surface area (Å²) in [5.41, 5.74) is 6.15. The Hall–Kier alpha value is -1.81. The first-order valence-corrected chi connectivity index (χ1v) is 4.00. The molecule has 14 heavy (non-hydrogen) atoms. The van der Waals surface area contributed by atoms with E-state index in [4.69, 9.17) is 10.8 Å². The van der Waals surface area contributed by atoms with E-state index in [0.29, 0.717) is 5.56 Å². The minimum atomic E-state index is -1.10. The molecule has 0 saturated heterocycles. The molecule has 0 bridgehead atoms. The smallest absolute Gasteiger partial charge is 0.335 e. The molecule has 0 aromatic heterocycles. The summed E-state index contributed by atoms with van der Waals surface area (Å²) in [5, 5.41) is 17.9. The maximum absolute atomic E-state index is 10.6. The molecule has 1 atom stereocenters. The predicted octanol–water partition coefficient (Wildman–Crippen LogP) is 1.28. The number of rotatable bonds is 3. The molecule has 0 aliphatic heterocycles. The zero-order chi connectivity index (χ0) is 10.7. The van der Waals surface area contributed by atoms with Crippen molar-refractivity contribution in [2.45, 2.75) is 6.04 Å². The van der Waals surface area contributed by atoms with E-state index in [1.165, 1.54) is 24.3 Å². The monoisotopic (exact) mass is 193 g/mol. The highest BCUT2D eigenvalue weighted by Gasteiger charge is 2.09. The fourth-order valence-electron chi connectivity index (χ4n) is 1.09. The molecule has 1 aromatic rings. The van der Waals surface area contributed by atoms with Gasteiger partial charge in [-0.1, -0.05) is 6.08 Å². The molecule has 4 nitrogen and oxygen atoms in total.